The highest BCUT2D eigenvalue weighted by Crippen LogP contribution is 2.17. The maximum Gasteiger partial charge on any atom is 0.294 e. The Balaban J connectivity index is 1.46. The number of unbranched alkanes of at least 4 members (excludes halogenated alkanes) is 12. The molecule has 1 aromatic rings. The van der Waals surface area contributed by atoms with Crippen LogP contribution in [-0.4, -0.2) is 76.5 Å². The molecule has 1 aliphatic heterocycles. The number of amides is 1. The lowest BCUT2D eigenvalue weighted by Gasteiger charge is -2.38. The van der Waals surface area contributed by atoms with Crippen molar-refractivity contribution in [3.63, 3.8) is 0 Å². The Bertz CT molecular complexity index is 802. The molecule has 0 saturated carbocycles. The van der Waals surface area contributed by atoms with Crippen LogP contribution >= 0.6 is 0 Å². The van der Waals surface area contributed by atoms with Crippen LogP contribution in [0.2, 0.25) is 0 Å². The summed E-state index contributed by atoms with van der Waals surface area (Å²) in [5.41, 5.74) is 0.420. The first-order valence-corrected chi connectivity index (χ1v) is 15.2. The third-order valence-corrected chi connectivity index (χ3v) is 7.79. The summed E-state index contributed by atoms with van der Waals surface area (Å²) in [5.74, 6) is 0.498. The van der Waals surface area contributed by atoms with E-state index in [4.69, 9.17) is 0 Å². The maximum atomic E-state index is 12.6. The molecule has 1 atom stereocenters. The Morgan fingerprint density at radius 1 is 0.974 bits per heavy atom. The van der Waals surface area contributed by atoms with Gasteiger partial charge in [-0.05, 0) is 38.3 Å². The van der Waals surface area contributed by atoms with Gasteiger partial charge in [0, 0.05) is 45.0 Å². The van der Waals surface area contributed by atoms with Crippen LogP contribution in [0.5, 0.6) is 0 Å². The highest BCUT2D eigenvalue weighted by Gasteiger charge is 2.21. The Morgan fingerprint density at radius 3 is 2.00 bits per heavy atom. The molecule has 10 nitrogen and oxygen atoms in total. The van der Waals surface area contributed by atoms with Gasteiger partial charge in [0.15, 0.2) is 0 Å². The van der Waals surface area contributed by atoms with Crippen molar-refractivity contribution in [3.05, 3.63) is 34.0 Å². The quantitative estimate of drug-likeness (QED) is 0.0845. The summed E-state index contributed by atoms with van der Waals surface area (Å²) >= 11 is 0. The average Bonchev–Trinajstić information content (AvgIpc) is 2.96. The fourth-order valence-electron chi connectivity index (χ4n) is 5.05. The lowest BCUT2D eigenvalue weighted by Crippen LogP contribution is -2.49. The molecule has 1 N–H and O–H groups in total. The highest BCUT2D eigenvalue weighted by molar-refractivity contribution is 5.93. The van der Waals surface area contributed by atoms with Gasteiger partial charge in [0.05, 0.1) is 12.2 Å². The molecule has 1 aromatic heterocycles. The van der Waals surface area contributed by atoms with Crippen LogP contribution in [0.3, 0.4) is 0 Å². The van der Waals surface area contributed by atoms with E-state index in [2.05, 4.69) is 33.5 Å². The van der Waals surface area contributed by atoms with Crippen LogP contribution in [-0.2, 0) is 4.84 Å². The number of carbonyl (C=O) groups excluding carboxylic acids is 1. The molecule has 0 aliphatic carbocycles. The summed E-state index contributed by atoms with van der Waals surface area (Å²) in [6, 6.07) is 4.26. The molecule has 222 valence electrons. The molecule has 0 aromatic carbocycles. The van der Waals surface area contributed by atoms with Gasteiger partial charge >= 0.3 is 0 Å². The fraction of sp³-hybridized carbons (Fsp3) is 0.793. The van der Waals surface area contributed by atoms with Crippen LogP contribution in [0.15, 0.2) is 18.3 Å². The molecule has 1 saturated heterocycles. The van der Waals surface area contributed by atoms with Crippen molar-refractivity contribution in [2.24, 2.45) is 0 Å². The van der Waals surface area contributed by atoms with Crippen molar-refractivity contribution in [1.29, 1.82) is 0 Å². The Morgan fingerprint density at radius 2 is 1.51 bits per heavy atom. The van der Waals surface area contributed by atoms with E-state index in [0.29, 0.717) is 18.2 Å². The van der Waals surface area contributed by atoms with Crippen LogP contribution in [0.25, 0.3) is 0 Å². The molecule has 0 spiro atoms. The van der Waals surface area contributed by atoms with E-state index in [0.717, 1.165) is 82.0 Å². The van der Waals surface area contributed by atoms with Crippen molar-refractivity contribution in [3.8, 4) is 0 Å². The molecule has 1 aliphatic rings. The van der Waals surface area contributed by atoms with Gasteiger partial charge in [-0.15, -0.1) is 10.1 Å². The summed E-state index contributed by atoms with van der Waals surface area (Å²) in [5, 5.41) is 20.4. The number of nitrogens with zero attached hydrogens (tertiary/aromatic N) is 5. The Kier molecular flexibility index (Phi) is 16.4. The second-order valence-corrected chi connectivity index (χ2v) is 10.8. The smallest absolute Gasteiger partial charge is 0.294 e. The number of anilines is 1. The normalized spacial score (nSPS) is 14.8. The predicted octanol–water partition coefficient (Wildman–Crippen LogP) is 6.11. The van der Waals surface area contributed by atoms with Gasteiger partial charge in [0.1, 0.15) is 5.82 Å². The molecule has 2 heterocycles. The fourth-order valence-corrected chi connectivity index (χ4v) is 5.05. The van der Waals surface area contributed by atoms with Crippen molar-refractivity contribution >= 4 is 11.7 Å². The molecule has 1 amide bonds. The predicted molar refractivity (Wildman–Crippen MR) is 154 cm³/mol. The van der Waals surface area contributed by atoms with Crippen molar-refractivity contribution in [2.75, 3.05) is 44.2 Å². The summed E-state index contributed by atoms with van der Waals surface area (Å²) in [6.07, 6.45) is 17.1. The number of carbonyl (C=O) groups is 1. The van der Waals surface area contributed by atoms with E-state index in [1.807, 2.05) is 6.07 Å². The van der Waals surface area contributed by atoms with Crippen molar-refractivity contribution < 1.29 is 19.9 Å². The number of hydrogen-bond acceptors (Lipinski definition) is 8. The van der Waals surface area contributed by atoms with Crippen LogP contribution in [0, 0.1) is 10.1 Å². The van der Waals surface area contributed by atoms with Gasteiger partial charge in [-0.25, -0.2) is 10.0 Å². The zero-order valence-corrected chi connectivity index (χ0v) is 24.3. The third kappa shape index (κ3) is 13.4. The standard InChI is InChI=1S/C29H51N5O5/c1-3-26(2)31-20-22-32(23-21-31)28-18-17-27(25-30-28)29(35)33(36)19-15-13-11-9-7-5-4-6-8-10-12-14-16-24-39-34(37)38/h17-18,25-26,36H,3-16,19-24H2,1-2H3. The van der Waals surface area contributed by atoms with Crippen LogP contribution in [0.4, 0.5) is 5.82 Å². The van der Waals surface area contributed by atoms with Gasteiger partial charge < -0.3 is 9.74 Å². The van der Waals surface area contributed by atoms with E-state index in [-0.39, 0.29) is 12.5 Å². The molecule has 1 fully saturated rings. The second-order valence-electron chi connectivity index (χ2n) is 10.8. The maximum absolute atomic E-state index is 12.6. The molecule has 0 bridgehead atoms. The molecule has 10 heteroatoms. The zero-order chi connectivity index (χ0) is 28.3. The summed E-state index contributed by atoms with van der Waals surface area (Å²) in [6.45, 7) is 8.97. The summed E-state index contributed by atoms with van der Waals surface area (Å²) < 4.78 is 0. The number of hydroxylamine groups is 2. The lowest BCUT2D eigenvalue weighted by molar-refractivity contribution is -0.757. The van der Waals surface area contributed by atoms with E-state index >= 15 is 0 Å². The molecule has 2 rings (SSSR count). The molecule has 1 unspecified atom stereocenters. The van der Waals surface area contributed by atoms with Gasteiger partial charge in [-0.2, -0.15) is 0 Å². The molecule has 0 radical (unpaired) electrons. The summed E-state index contributed by atoms with van der Waals surface area (Å²) in [7, 11) is 0. The first kappa shape index (κ1) is 32.8. The van der Waals surface area contributed by atoms with E-state index < -0.39 is 5.09 Å². The average molecular weight is 550 g/mol. The van der Waals surface area contributed by atoms with Crippen LogP contribution in [0.1, 0.15) is 114 Å². The minimum atomic E-state index is -0.725. The van der Waals surface area contributed by atoms with Crippen molar-refractivity contribution in [1.82, 2.24) is 14.9 Å². The minimum absolute atomic E-state index is 0.210. The van der Waals surface area contributed by atoms with Crippen molar-refractivity contribution in [2.45, 2.75) is 110 Å². The van der Waals surface area contributed by atoms with Gasteiger partial charge in [0.25, 0.3) is 11.0 Å². The van der Waals surface area contributed by atoms with E-state index in [1.165, 1.54) is 44.9 Å². The number of pyridine rings is 1. The Hall–Kier alpha value is -2.46. The van der Waals surface area contributed by atoms with E-state index in [9.17, 15) is 20.1 Å². The molecule has 39 heavy (non-hydrogen) atoms. The first-order valence-electron chi connectivity index (χ1n) is 15.2. The van der Waals surface area contributed by atoms with Crippen LogP contribution < -0.4 is 4.90 Å². The third-order valence-electron chi connectivity index (χ3n) is 7.79. The second kappa shape index (κ2) is 19.6. The van der Waals surface area contributed by atoms with E-state index in [1.54, 1.807) is 12.3 Å². The zero-order valence-electron chi connectivity index (χ0n) is 24.3. The van der Waals surface area contributed by atoms with Gasteiger partial charge in [-0.1, -0.05) is 77.6 Å². The number of aromatic nitrogens is 1. The largest absolute Gasteiger partial charge is 0.354 e. The topological polar surface area (TPSA) is 112 Å². The number of rotatable bonds is 21. The highest BCUT2D eigenvalue weighted by atomic mass is 16.9. The number of hydrogen-bond donors (Lipinski definition) is 1. The Labute approximate surface area is 234 Å². The first-order chi connectivity index (χ1) is 18.9. The number of piperazine rings is 1. The monoisotopic (exact) mass is 549 g/mol. The lowest BCUT2D eigenvalue weighted by atomic mass is 10.0. The molecular weight excluding hydrogens is 498 g/mol. The minimum Gasteiger partial charge on any atom is -0.354 e. The summed E-state index contributed by atoms with van der Waals surface area (Å²) in [4.78, 5) is 36.2. The van der Waals surface area contributed by atoms with Gasteiger partial charge in [-0.3, -0.25) is 14.9 Å². The SMILES string of the molecule is CCC(C)N1CCN(c2ccc(C(=O)N(O)CCCCCCCCCCCCCCCO[N+](=O)[O-])cn2)CC1. The van der Waals surface area contributed by atoms with Gasteiger partial charge in [0.2, 0.25) is 0 Å². The molecular formula is C29H51N5O5.